The summed E-state index contributed by atoms with van der Waals surface area (Å²) in [5, 5.41) is 8.67. The summed E-state index contributed by atoms with van der Waals surface area (Å²) in [6.07, 6.45) is 0. The molecular formula is C27H33N7O2S2. The number of likely N-dealkylation sites (N-methyl/N-ethyl adjacent to an activating group) is 1. The molecule has 200 valence electrons. The number of piperazine rings is 1. The molecule has 1 aliphatic rings. The van der Waals surface area contributed by atoms with Gasteiger partial charge in [0.25, 0.3) is 0 Å². The molecule has 0 bridgehead atoms. The minimum absolute atomic E-state index is 0.482. The molecule has 4 aromatic rings. The van der Waals surface area contributed by atoms with E-state index in [9.17, 15) is 8.42 Å². The Balaban J connectivity index is 1.35. The molecule has 0 amide bonds. The standard InChI is InChI=1S/C27H33N7O2S2/c1-27(2,3)38(35,36)32-21-7-5-6-20(18-21)28-25-24-23(12-17-37-24)30-26(31-25)29-19-8-10-22(11-9-19)34-15-13-33(4)14-16-34/h5-12,17-18,32H,13-16H2,1-4H3,(H2,28,29,30,31). The normalized spacial score (nSPS) is 15.0. The van der Waals surface area contributed by atoms with Crippen molar-refractivity contribution in [3.63, 3.8) is 0 Å². The van der Waals surface area contributed by atoms with E-state index in [0.29, 0.717) is 17.5 Å². The predicted octanol–water partition coefficient (Wildman–Crippen LogP) is 5.47. The Labute approximate surface area is 228 Å². The van der Waals surface area contributed by atoms with Gasteiger partial charge in [-0.2, -0.15) is 4.98 Å². The number of hydrogen-bond acceptors (Lipinski definition) is 9. The number of anilines is 6. The number of fused-ring (bicyclic) bond motifs is 1. The number of rotatable bonds is 7. The van der Waals surface area contributed by atoms with E-state index in [2.05, 4.69) is 49.3 Å². The average molecular weight is 552 g/mol. The summed E-state index contributed by atoms with van der Waals surface area (Å²) >= 11 is 1.55. The summed E-state index contributed by atoms with van der Waals surface area (Å²) in [5.41, 5.74) is 4.15. The van der Waals surface area contributed by atoms with Crippen molar-refractivity contribution in [1.82, 2.24) is 14.9 Å². The van der Waals surface area contributed by atoms with E-state index in [4.69, 9.17) is 4.98 Å². The number of nitrogens with zero attached hydrogens (tertiary/aromatic N) is 4. The van der Waals surface area contributed by atoms with Crippen LogP contribution in [0.15, 0.2) is 60.0 Å². The number of hydrogen-bond donors (Lipinski definition) is 3. The lowest BCUT2D eigenvalue weighted by atomic mass is 10.2. The van der Waals surface area contributed by atoms with Crippen molar-refractivity contribution in [2.75, 3.05) is 53.5 Å². The summed E-state index contributed by atoms with van der Waals surface area (Å²) in [7, 11) is -1.38. The second-order valence-corrected chi connectivity index (χ2v) is 13.8. The molecular weight excluding hydrogens is 518 g/mol. The van der Waals surface area contributed by atoms with E-state index < -0.39 is 14.8 Å². The maximum Gasteiger partial charge on any atom is 0.237 e. The Bertz CT molecular complexity index is 1520. The third-order valence-corrected chi connectivity index (χ3v) is 9.51. The number of sulfonamides is 1. The molecule has 0 atom stereocenters. The first-order chi connectivity index (χ1) is 18.1. The van der Waals surface area contributed by atoms with Gasteiger partial charge in [-0.05, 0) is 81.7 Å². The highest BCUT2D eigenvalue weighted by Crippen LogP contribution is 2.32. The molecule has 0 aliphatic carbocycles. The predicted molar refractivity (Wildman–Crippen MR) is 159 cm³/mol. The van der Waals surface area contributed by atoms with Gasteiger partial charge in [-0.1, -0.05) is 6.07 Å². The third kappa shape index (κ3) is 5.85. The van der Waals surface area contributed by atoms with Crippen LogP contribution in [0.2, 0.25) is 0 Å². The van der Waals surface area contributed by atoms with E-state index in [1.54, 1.807) is 50.3 Å². The molecule has 1 saturated heterocycles. The molecule has 0 unspecified atom stereocenters. The second kappa shape index (κ2) is 10.4. The monoisotopic (exact) mass is 551 g/mol. The zero-order chi connectivity index (χ0) is 26.9. The quantitative estimate of drug-likeness (QED) is 0.278. The molecule has 38 heavy (non-hydrogen) atoms. The highest BCUT2D eigenvalue weighted by molar-refractivity contribution is 7.94. The lowest BCUT2D eigenvalue weighted by Crippen LogP contribution is -2.44. The van der Waals surface area contributed by atoms with Gasteiger partial charge < -0.3 is 20.4 Å². The largest absolute Gasteiger partial charge is 0.369 e. The van der Waals surface area contributed by atoms with Crippen molar-refractivity contribution in [3.05, 3.63) is 60.0 Å². The number of nitrogens with one attached hydrogen (secondary N) is 3. The van der Waals surface area contributed by atoms with Crippen LogP contribution in [-0.2, 0) is 10.0 Å². The Kier molecular flexibility index (Phi) is 7.17. The van der Waals surface area contributed by atoms with Gasteiger partial charge in [0.05, 0.1) is 20.7 Å². The third-order valence-electron chi connectivity index (χ3n) is 6.48. The van der Waals surface area contributed by atoms with Crippen LogP contribution < -0.4 is 20.3 Å². The first-order valence-corrected chi connectivity index (χ1v) is 14.9. The van der Waals surface area contributed by atoms with E-state index >= 15 is 0 Å². The lowest BCUT2D eigenvalue weighted by Gasteiger charge is -2.34. The smallest absolute Gasteiger partial charge is 0.237 e. The van der Waals surface area contributed by atoms with Crippen LogP contribution in [0.4, 0.5) is 34.5 Å². The summed E-state index contributed by atoms with van der Waals surface area (Å²) in [4.78, 5) is 14.2. The van der Waals surface area contributed by atoms with Crippen LogP contribution in [0, 0.1) is 0 Å². The van der Waals surface area contributed by atoms with Gasteiger partial charge in [0, 0.05) is 43.2 Å². The van der Waals surface area contributed by atoms with Crippen LogP contribution >= 0.6 is 11.3 Å². The second-order valence-electron chi connectivity index (χ2n) is 10.4. The average Bonchev–Trinajstić information content (AvgIpc) is 3.33. The van der Waals surface area contributed by atoms with Crippen LogP contribution in [-0.4, -0.2) is 61.3 Å². The minimum Gasteiger partial charge on any atom is -0.369 e. The maximum absolute atomic E-state index is 12.6. The van der Waals surface area contributed by atoms with Crippen molar-refractivity contribution in [1.29, 1.82) is 0 Å². The molecule has 9 nitrogen and oxygen atoms in total. The van der Waals surface area contributed by atoms with Gasteiger partial charge >= 0.3 is 0 Å². The van der Waals surface area contributed by atoms with Crippen molar-refractivity contribution in [3.8, 4) is 0 Å². The molecule has 5 rings (SSSR count). The van der Waals surface area contributed by atoms with Gasteiger partial charge in [0.2, 0.25) is 16.0 Å². The maximum atomic E-state index is 12.6. The summed E-state index contributed by atoms with van der Waals surface area (Å²) in [6.45, 7) is 9.18. The molecule has 11 heteroatoms. The van der Waals surface area contributed by atoms with Gasteiger partial charge in [0.15, 0.2) is 5.82 Å². The van der Waals surface area contributed by atoms with Crippen LogP contribution in [0.5, 0.6) is 0 Å². The lowest BCUT2D eigenvalue weighted by molar-refractivity contribution is 0.313. The van der Waals surface area contributed by atoms with Gasteiger partial charge in [0.1, 0.15) is 0 Å². The first kappa shape index (κ1) is 26.2. The fourth-order valence-corrected chi connectivity index (χ4v) is 5.58. The molecule has 3 heterocycles. The molecule has 0 radical (unpaired) electrons. The molecule has 0 saturated carbocycles. The van der Waals surface area contributed by atoms with E-state index in [1.807, 2.05) is 29.6 Å². The van der Waals surface area contributed by atoms with Crippen molar-refractivity contribution < 1.29 is 8.42 Å². The molecule has 0 spiro atoms. The topological polar surface area (TPSA) is 102 Å². The van der Waals surface area contributed by atoms with Gasteiger partial charge in [-0.25, -0.2) is 13.4 Å². The number of aromatic nitrogens is 2. The van der Waals surface area contributed by atoms with Crippen LogP contribution in [0.3, 0.4) is 0 Å². The summed E-state index contributed by atoms with van der Waals surface area (Å²) in [5.74, 6) is 1.13. The molecule has 1 fully saturated rings. The van der Waals surface area contributed by atoms with E-state index in [0.717, 1.165) is 47.8 Å². The van der Waals surface area contributed by atoms with Crippen LogP contribution in [0.1, 0.15) is 20.8 Å². The fourth-order valence-electron chi connectivity index (χ4n) is 4.06. The highest BCUT2D eigenvalue weighted by Gasteiger charge is 2.29. The Morgan fingerprint density at radius 2 is 1.58 bits per heavy atom. The SMILES string of the molecule is CN1CCN(c2ccc(Nc3nc(Nc4cccc(NS(=O)(=O)C(C)(C)C)c4)c4sccc4n3)cc2)CC1. The zero-order valence-corrected chi connectivity index (χ0v) is 23.7. The van der Waals surface area contributed by atoms with Crippen molar-refractivity contribution in [2.24, 2.45) is 0 Å². The molecule has 1 aliphatic heterocycles. The molecule has 2 aromatic heterocycles. The summed E-state index contributed by atoms with van der Waals surface area (Å²) in [6, 6.07) is 17.5. The van der Waals surface area contributed by atoms with E-state index in [-0.39, 0.29) is 0 Å². The zero-order valence-electron chi connectivity index (χ0n) is 22.0. The fraction of sp³-hybridized carbons (Fsp3) is 0.333. The van der Waals surface area contributed by atoms with Gasteiger partial charge in [-0.3, -0.25) is 4.72 Å². The van der Waals surface area contributed by atoms with Gasteiger partial charge in [-0.15, -0.1) is 11.3 Å². The minimum atomic E-state index is -3.54. The van der Waals surface area contributed by atoms with Crippen molar-refractivity contribution in [2.45, 2.75) is 25.5 Å². The Morgan fingerprint density at radius 3 is 2.29 bits per heavy atom. The number of benzene rings is 2. The Morgan fingerprint density at radius 1 is 0.868 bits per heavy atom. The first-order valence-electron chi connectivity index (χ1n) is 12.5. The van der Waals surface area contributed by atoms with E-state index in [1.165, 1.54) is 5.69 Å². The van der Waals surface area contributed by atoms with Crippen LogP contribution in [0.25, 0.3) is 10.2 Å². The molecule has 2 aromatic carbocycles. The highest BCUT2D eigenvalue weighted by atomic mass is 32.2. The number of thiophene rings is 1. The molecule has 3 N–H and O–H groups in total. The van der Waals surface area contributed by atoms with Crippen molar-refractivity contribution >= 4 is 66.1 Å². The Hall–Kier alpha value is -3.41. The summed E-state index contributed by atoms with van der Waals surface area (Å²) < 4.78 is 27.9.